The van der Waals surface area contributed by atoms with E-state index < -0.39 is 4.92 Å². The minimum absolute atomic E-state index is 0.0508. The van der Waals surface area contributed by atoms with Gasteiger partial charge in [-0.3, -0.25) is 10.1 Å². The Kier molecular flexibility index (Phi) is 6.06. The fourth-order valence-electron chi connectivity index (χ4n) is 1.43. The van der Waals surface area contributed by atoms with Crippen molar-refractivity contribution in [3.05, 3.63) is 46.5 Å². The van der Waals surface area contributed by atoms with Crippen molar-refractivity contribution < 1.29 is 9.66 Å². The van der Waals surface area contributed by atoms with Gasteiger partial charge in [-0.25, -0.2) is 0 Å². The van der Waals surface area contributed by atoms with Crippen molar-refractivity contribution in [3.8, 4) is 6.07 Å². The lowest BCUT2D eigenvalue weighted by Crippen LogP contribution is -2.11. The zero-order valence-corrected chi connectivity index (χ0v) is 10.5. The van der Waals surface area contributed by atoms with Gasteiger partial charge in [0, 0.05) is 12.6 Å². The highest BCUT2D eigenvalue weighted by molar-refractivity contribution is 5.64. The van der Waals surface area contributed by atoms with E-state index in [9.17, 15) is 10.1 Å². The predicted molar refractivity (Wildman–Crippen MR) is 71.9 cm³/mol. The van der Waals surface area contributed by atoms with E-state index in [1.165, 1.54) is 18.2 Å². The first-order valence-electron chi connectivity index (χ1n) is 5.80. The second-order valence-corrected chi connectivity index (χ2v) is 3.72. The number of nitro benzene ring substituents is 1. The summed E-state index contributed by atoms with van der Waals surface area (Å²) in [6.07, 6.45) is 2.53. The standard InChI is InChI=1S/C13H15N3O3/c1-2-3-7-19-8-6-15-12-9-11(10-14)4-5-13(12)16(17)18/h2,4-5,9,15H,1,3,6-8H2. The van der Waals surface area contributed by atoms with Gasteiger partial charge in [0.1, 0.15) is 5.69 Å². The molecule has 0 saturated heterocycles. The quantitative estimate of drug-likeness (QED) is 0.336. The maximum absolute atomic E-state index is 10.8. The van der Waals surface area contributed by atoms with Crippen LogP contribution in [0.25, 0.3) is 0 Å². The first kappa shape index (κ1) is 14.7. The summed E-state index contributed by atoms with van der Waals surface area (Å²) >= 11 is 0. The number of nitrogens with zero attached hydrogens (tertiary/aromatic N) is 2. The lowest BCUT2D eigenvalue weighted by molar-refractivity contribution is -0.384. The molecule has 0 unspecified atom stereocenters. The molecule has 6 nitrogen and oxygen atoms in total. The van der Waals surface area contributed by atoms with E-state index >= 15 is 0 Å². The van der Waals surface area contributed by atoms with E-state index in [-0.39, 0.29) is 5.69 Å². The molecule has 0 fully saturated rings. The molecule has 0 aliphatic carbocycles. The molecule has 0 aliphatic heterocycles. The summed E-state index contributed by atoms with van der Waals surface area (Å²) in [4.78, 5) is 10.4. The third kappa shape index (κ3) is 4.77. The summed E-state index contributed by atoms with van der Waals surface area (Å²) in [5, 5.41) is 22.5. The number of nitrogens with one attached hydrogen (secondary N) is 1. The summed E-state index contributed by atoms with van der Waals surface area (Å²) in [6.45, 7) is 5.02. The molecule has 0 atom stereocenters. The number of ether oxygens (including phenoxy) is 1. The van der Waals surface area contributed by atoms with E-state index in [4.69, 9.17) is 10.00 Å². The van der Waals surface area contributed by atoms with Crippen LogP contribution in [-0.2, 0) is 4.74 Å². The van der Waals surface area contributed by atoms with Gasteiger partial charge >= 0.3 is 0 Å². The fourth-order valence-corrected chi connectivity index (χ4v) is 1.43. The van der Waals surface area contributed by atoms with Crippen molar-refractivity contribution in [1.29, 1.82) is 5.26 Å². The molecule has 0 heterocycles. The number of rotatable bonds is 8. The molecule has 0 amide bonds. The van der Waals surface area contributed by atoms with Gasteiger partial charge in [0.15, 0.2) is 0 Å². The van der Waals surface area contributed by atoms with Crippen molar-refractivity contribution in [2.75, 3.05) is 25.1 Å². The Hall–Kier alpha value is -2.39. The third-order valence-electron chi connectivity index (χ3n) is 2.35. The van der Waals surface area contributed by atoms with Crippen LogP contribution in [0.3, 0.4) is 0 Å². The summed E-state index contributed by atoms with van der Waals surface area (Å²) in [5.41, 5.74) is 0.655. The molecule has 0 spiro atoms. The van der Waals surface area contributed by atoms with Gasteiger partial charge in [-0.1, -0.05) is 6.08 Å². The van der Waals surface area contributed by atoms with Gasteiger partial charge < -0.3 is 10.1 Å². The number of benzene rings is 1. The first-order valence-corrected chi connectivity index (χ1v) is 5.80. The molecule has 0 aromatic heterocycles. The maximum Gasteiger partial charge on any atom is 0.292 e. The van der Waals surface area contributed by atoms with Crippen LogP contribution in [0, 0.1) is 21.4 Å². The van der Waals surface area contributed by atoms with E-state index in [0.29, 0.717) is 31.0 Å². The molecule has 1 aromatic rings. The van der Waals surface area contributed by atoms with E-state index in [1.54, 1.807) is 6.08 Å². The summed E-state index contributed by atoms with van der Waals surface area (Å²) in [5.74, 6) is 0. The van der Waals surface area contributed by atoms with Crippen LogP contribution in [-0.4, -0.2) is 24.7 Å². The number of anilines is 1. The second-order valence-electron chi connectivity index (χ2n) is 3.72. The predicted octanol–water partition coefficient (Wildman–Crippen LogP) is 2.47. The Balaban J connectivity index is 2.58. The van der Waals surface area contributed by atoms with Crippen molar-refractivity contribution in [2.24, 2.45) is 0 Å². The minimum atomic E-state index is -0.484. The molecule has 1 rings (SSSR count). The van der Waals surface area contributed by atoms with Gasteiger partial charge in [0.25, 0.3) is 5.69 Å². The number of nitro groups is 1. The zero-order valence-electron chi connectivity index (χ0n) is 10.5. The maximum atomic E-state index is 10.8. The molecule has 0 saturated carbocycles. The Morgan fingerprint density at radius 3 is 2.95 bits per heavy atom. The topological polar surface area (TPSA) is 88.2 Å². The van der Waals surface area contributed by atoms with Gasteiger partial charge in [-0.05, 0) is 18.6 Å². The Morgan fingerprint density at radius 2 is 2.32 bits per heavy atom. The monoisotopic (exact) mass is 261 g/mol. The normalized spacial score (nSPS) is 9.63. The lowest BCUT2D eigenvalue weighted by Gasteiger charge is -2.07. The summed E-state index contributed by atoms with van der Waals surface area (Å²) in [7, 11) is 0. The van der Waals surface area contributed by atoms with Crippen LogP contribution in [0.5, 0.6) is 0 Å². The smallest absolute Gasteiger partial charge is 0.292 e. The molecule has 100 valence electrons. The Morgan fingerprint density at radius 1 is 1.53 bits per heavy atom. The minimum Gasteiger partial charge on any atom is -0.379 e. The van der Waals surface area contributed by atoms with Gasteiger partial charge in [-0.15, -0.1) is 6.58 Å². The number of hydrogen-bond donors (Lipinski definition) is 1. The van der Waals surface area contributed by atoms with Crippen LogP contribution < -0.4 is 5.32 Å². The zero-order chi connectivity index (χ0) is 14.1. The molecule has 0 radical (unpaired) electrons. The Labute approximate surface area is 111 Å². The molecular weight excluding hydrogens is 246 g/mol. The second kappa shape index (κ2) is 7.84. The van der Waals surface area contributed by atoms with Crippen molar-refractivity contribution in [1.82, 2.24) is 0 Å². The largest absolute Gasteiger partial charge is 0.379 e. The van der Waals surface area contributed by atoms with E-state index in [0.717, 1.165) is 6.42 Å². The molecule has 19 heavy (non-hydrogen) atoms. The van der Waals surface area contributed by atoms with E-state index in [2.05, 4.69) is 11.9 Å². The summed E-state index contributed by atoms with van der Waals surface area (Å²) < 4.78 is 5.28. The molecule has 6 heteroatoms. The lowest BCUT2D eigenvalue weighted by atomic mass is 10.2. The molecule has 1 aromatic carbocycles. The average Bonchev–Trinajstić information content (AvgIpc) is 2.42. The molecule has 0 bridgehead atoms. The van der Waals surface area contributed by atoms with Crippen molar-refractivity contribution >= 4 is 11.4 Å². The van der Waals surface area contributed by atoms with Crippen molar-refractivity contribution in [2.45, 2.75) is 6.42 Å². The fraction of sp³-hybridized carbons (Fsp3) is 0.308. The molecule has 1 N–H and O–H groups in total. The summed E-state index contributed by atoms with van der Waals surface area (Å²) in [6, 6.07) is 6.15. The van der Waals surface area contributed by atoms with Crippen LogP contribution >= 0.6 is 0 Å². The number of nitriles is 1. The Bertz CT molecular complexity index is 494. The van der Waals surface area contributed by atoms with Crippen LogP contribution in [0.4, 0.5) is 11.4 Å². The first-order chi connectivity index (χ1) is 9.19. The SMILES string of the molecule is C=CCCOCCNc1cc(C#N)ccc1[N+](=O)[O-]. The number of hydrogen-bond acceptors (Lipinski definition) is 5. The van der Waals surface area contributed by atoms with Gasteiger partial charge in [0.05, 0.1) is 29.8 Å². The van der Waals surface area contributed by atoms with E-state index in [1.807, 2.05) is 6.07 Å². The van der Waals surface area contributed by atoms with Crippen molar-refractivity contribution in [3.63, 3.8) is 0 Å². The van der Waals surface area contributed by atoms with Gasteiger partial charge in [0.2, 0.25) is 0 Å². The average molecular weight is 261 g/mol. The highest BCUT2D eigenvalue weighted by atomic mass is 16.6. The molecule has 0 aliphatic rings. The van der Waals surface area contributed by atoms with Gasteiger partial charge in [-0.2, -0.15) is 5.26 Å². The highest BCUT2D eigenvalue weighted by Gasteiger charge is 2.13. The third-order valence-corrected chi connectivity index (χ3v) is 2.35. The molecular formula is C13H15N3O3. The van der Waals surface area contributed by atoms with Crippen LogP contribution in [0.1, 0.15) is 12.0 Å². The van der Waals surface area contributed by atoms with Crippen LogP contribution in [0.15, 0.2) is 30.9 Å². The van der Waals surface area contributed by atoms with Crippen LogP contribution in [0.2, 0.25) is 0 Å². The highest BCUT2D eigenvalue weighted by Crippen LogP contribution is 2.24.